The molecule has 0 amide bonds. The summed E-state index contributed by atoms with van der Waals surface area (Å²) in [7, 11) is 1.80. The van der Waals surface area contributed by atoms with E-state index in [-0.39, 0.29) is 12.0 Å². The molecule has 0 aliphatic carbocycles. The van der Waals surface area contributed by atoms with E-state index in [4.69, 9.17) is 10.5 Å². The average molecular weight is 264 g/mol. The van der Waals surface area contributed by atoms with E-state index in [1.54, 1.807) is 18.1 Å². The fraction of sp³-hybridized carbons (Fsp3) is 0.500. The van der Waals surface area contributed by atoms with Gasteiger partial charge in [-0.1, -0.05) is 6.92 Å². The molecule has 19 heavy (non-hydrogen) atoms. The zero-order valence-corrected chi connectivity index (χ0v) is 10.9. The number of nitrogens with one attached hydrogen (secondary N) is 1. The maximum absolute atomic E-state index is 5.59. The monoisotopic (exact) mass is 264 g/mol. The van der Waals surface area contributed by atoms with Gasteiger partial charge >= 0.3 is 6.01 Å². The molecule has 0 saturated heterocycles. The first kappa shape index (κ1) is 13.0. The Morgan fingerprint density at radius 3 is 2.89 bits per heavy atom. The van der Waals surface area contributed by atoms with E-state index in [2.05, 4.69) is 30.4 Å². The number of nitrogens with zero attached hydrogens (tertiary/aromatic N) is 6. The van der Waals surface area contributed by atoms with E-state index in [0.717, 1.165) is 6.42 Å². The van der Waals surface area contributed by atoms with Crippen molar-refractivity contribution in [3.05, 3.63) is 12.2 Å². The number of anilines is 2. The Labute approximate surface area is 110 Å². The second-order valence-corrected chi connectivity index (χ2v) is 3.84. The summed E-state index contributed by atoms with van der Waals surface area (Å²) in [4.78, 5) is 16.0. The summed E-state index contributed by atoms with van der Waals surface area (Å²) in [5.74, 6) is 1.08. The van der Waals surface area contributed by atoms with Gasteiger partial charge in [0.05, 0.1) is 13.2 Å². The van der Waals surface area contributed by atoms with Gasteiger partial charge in [-0.15, -0.1) is 0 Å². The van der Waals surface area contributed by atoms with Crippen LogP contribution in [-0.2, 0) is 13.6 Å². The van der Waals surface area contributed by atoms with Crippen molar-refractivity contribution in [2.75, 3.05) is 17.7 Å². The molecule has 0 bridgehead atoms. The van der Waals surface area contributed by atoms with Gasteiger partial charge < -0.3 is 15.8 Å². The third-order valence-corrected chi connectivity index (χ3v) is 2.12. The van der Waals surface area contributed by atoms with E-state index in [0.29, 0.717) is 24.9 Å². The Balaban J connectivity index is 2.01. The number of rotatable bonds is 6. The molecule has 2 aromatic rings. The van der Waals surface area contributed by atoms with Crippen LogP contribution in [0.25, 0.3) is 0 Å². The highest BCUT2D eigenvalue weighted by molar-refractivity contribution is 5.32. The predicted molar refractivity (Wildman–Crippen MR) is 68.4 cm³/mol. The molecule has 2 rings (SSSR count). The Bertz CT molecular complexity index is 540. The number of nitrogens with two attached hydrogens (primary N) is 1. The van der Waals surface area contributed by atoms with Crippen LogP contribution in [-0.4, -0.2) is 36.3 Å². The number of hydrogen-bond donors (Lipinski definition) is 2. The minimum Gasteiger partial charge on any atom is -0.463 e. The first-order valence-corrected chi connectivity index (χ1v) is 5.90. The predicted octanol–water partition coefficient (Wildman–Crippen LogP) is -0.0168. The summed E-state index contributed by atoms with van der Waals surface area (Å²) >= 11 is 0. The lowest BCUT2D eigenvalue weighted by atomic mass is 10.5. The van der Waals surface area contributed by atoms with Crippen LogP contribution < -0.4 is 15.8 Å². The summed E-state index contributed by atoms with van der Waals surface area (Å²) < 4.78 is 6.93. The molecule has 0 atom stereocenters. The minimum atomic E-state index is 0.109. The number of aryl methyl sites for hydroxylation is 1. The fourth-order valence-corrected chi connectivity index (χ4v) is 1.33. The van der Waals surface area contributed by atoms with Gasteiger partial charge in [0.2, 0.25) is 11.9 Å². The summed E-state index contributed by atoms with van der Waals surface area (Å²) in [5.41, 5.74) is 5.59. The smallest absolute Gasteiger partial charge is 0.323 e. The van der Waals surface area contributed by atoms with Crippen LogP contribution in [0.15, 0.2) is 6.33 Å². The van der Waals surface area contributed by atoms with Crippen molar-refractivity contribution in [1.82, 2.24) is 29.7 Å². The van der Waals surface area contributed by atoms with Crippen molar-refractivity contribution in [2.24, 2.45) is 7.05 Å². The molecule has 2 heterocycles. The molecule has 0 aromatic carbocycles. The van der Waals surface area contributed by atoms with Crippen LogP contribution in [0.4, 0.5) is 11.9 Å². The van der Waals surface area contributed by atoms with Gasteiger partial charge in [0.25, 0.3) is 0 Å². The summed E-state index contributed by atoms with van der Waals surface area (Å²) in [6.07, 6.45) is 2.49. The lowest BCUT2D eigenvalue weighted by molar-refractivity contribution is 0.292. The Morgan fingerprint density at radius 2 is 2.21 bits per heavy atom. The van der Waals surface area contributed by atoms with Crippen molar-refractivity contribution in [1.29, 1.82) is 0 Å². The van der Waals surface area contributed by atoms with E-state index in [1.165, 1.54) is 0 Å². The third kappa shape index (κ3) is 3.76. The lowest BCUT2D eigenvalue weighted by Crippen LogP contribution is -2.10. The Hall–Kier alpha value is -2.45. The highest BCUT2D eigenvalue weighted by Gasteiger charge is 2.06. The SMILES string of the molecule is CCCOc1nc(N)nc(NCc2ncn(C)n2)n1. The van der Waals surface area contributed by atoms with Crippen LogP contribution in [0.1, 0.15) is 19.2 Å². The minimum absolute atomic E-state index is 0.109. The van der Waals surface area contributed by atoms with Crippen LogP contribution >= 0.6 is 0 Å². The molecule has 0 saturated carbocycles. The summed E-state index contributed by atoms with van der Waals surface area (Å²) in [6.45, 7) is 2.93. The van der Waals surface area contributed by atoms with Gasteiger partial charge in [-0.3, -0.25) is 4.68 Å². The summed E-state index contributed by atoms with van der Waals surface area (Å²) in [5, 5.41) is 7.10. The fourth-order valence-electron chi connectivity index (χ4n) is 1.33. The number of ether oxygens (including phenoxy) is 1. The molecule has 0 fully saturated rings. The van der Waals surface area contributed by atoms with Crippen molar-refractivity contribution in [2.45, 2.75) is 19.9 Å². The molecule has 102 valence electrons. The van der Waals surface area contributed by atoms with E-state index in [1.807, 2.05) is 6.92 Å². The van der Waals surface area contributed by atoms with Gasteiger partial charge in [0.1, 0.15) is 6.33 Å². The highest BCUT2D eigenvalue weighted by atomic mass is 16.5. The van der Waals surface area contributed by atoms with Crippen LogP contribution in [0.5, 0.6) is 6.01 Å². The average Bonchev–Trinajstić information content (AvgIpc) is 2.79. The standard InChI is InChI=1S/C10H16N8O/c1-3-4-19-10-15-8(11)14-9(16-10)12-5-7-13-6-18(2)17-7/h6H,3-5H2,1-2H3,(H3,11,12,14,15,16). The van der Waals surface area contributed by atoms with Crippen LogP contribution in [0.2, 0.25) is 0 Å². The molecular weight excluding hydrogens is 248 g/mol. The van der Waals surface area contributed by atoms with Gasteiger partial charge in [-0.05, 0) is 6.42 Å². The second kappa shape index (κ2) is 5.94. The summed E-state index contributed by atoms with van der Waals surface area (Å²) in [6, 6.07) is 0.214. The molecule has 9 nitrogen and oxygen atoms in total. The Morgan fingerprint density at radius 1 is 1.37 bits per heavy atom. The van der Waals surface area contributed by atoms with Crippen molar-refractivity contribution in [3.8, 4) is 6.01 Å². The van der Waals surface area contributed by atoms with E-state index < -0.39 is 0 Å². The molecule has 3 N–H and O–H groups in total. The maximum Gasteiger partial charge on any atom is 0.323 e. The van der Waals surface area contributed by atoms with Crippen LogP contribution in [0.3, 0.4) is 0 Å². The lowest BCUT2D eigenvalue weighted by Gasteiger charge is -2.06. The molecule has 0 spiro atoms. The highest BCUT2D eigenvalue weighted by Crippen LogP contribution is 2.09. The van der Waals surface area contributed by atoms with Gasteiger partial charge in [0.15, 0.2) is 5.82 Å². The first-order valence-electron chi connectivity index (χ1n) is 5.90. The van der Waals surface area contributed by atoms with Crippen molar-refractivity contribution >= 4 is 11.9 Å². The molecule has 0 radical (unpaired) electrons. The quantitative estimate of drug-likeness (QED) is 0.747. The molecule has 2 aromatic heterocycles. The molecule has 0 aliphatic heterocycles. The topological polar surface area (TPSA) is 117 Å². The number of hydrogen-bond acceptors (Lipinski definition) is 8. The maximum atomic E-state index is 5.59. The Kier molecular flexibility index (Phi) is 4.06. The third-order valence-electron chi connectivity index (χ3n) is 2.12. The molecule has 0 unspecified atom stereocenters. The van der Waals surface area contributed by atoms with E-state index >= 15 is 0 Å². The second-order valence-electron chi connectivity index (χ2n) is 3.84. The van der Waals surface area contributed by atoms with Gasteiger partial charge in [0, 0.05) is 7.05 Å². The normalized spacial score (nSPS) is 10.4. The largest absolute Gasteiger partial charge is 0.463 e. The molecular formula is C10H16N8O. The van der Waals surface area contributed by atoms with E-state index in [9.17, 15) is 0 Å². The van der Waals surface area contributed by atoms with Gasteiger partial charge in [-0.2, -0.15) is 20.1 Å². The number of nitrogen functional groups attached to an aromatic ring is 1. The van der Waals surface area contributed by atoms with Gasteiger partial charge in [-0.25, -0.2) is 4.98 Å². The molecule has 0 aliphatic rings. The number of aromatic nitrogens is 6. The zero-order chi connectivity index (χ0) is 13.7. The van der Waals surface area contributed by atoms with Crippen molar-refractivity contribution in [3.63, 3.8) is 0 Å². The van der Waals surface area contributed by atoms with Crippen molar-refractivity contribution < 1.29 is 4.74 Å². The first-order chi connectivity index (χ1) is 9.17. The molecule has 9 heteroatoms. The van der Waals surface area contributed by atoms with Crippen LogP contribution in [0, 0.1) is 0 Å². The zero-order valence-electron chi connectivity index (χ0n) is 10.9.